The molecule has 6 nitrogen and oxygen atoms in total. The summed E-state index contributed by atoms with van der Waals surface area (Å²) in [7, 11) is -2.50. The minimum Gasteiger partial charge on any atom is -0.374 e. The lowest BCUT2D eigenvalue weighted by Crippen LogP contribution is -2.46. The Morgan fingerprint density at radius 2 is 1.68 bits per heavy atom. The van der Waals surface area contributed by atoms with Crippen LogP contribution in [-0.4, -0.2) is 49.6 Å². The standard InChI is InChI=1S/C14H29N3O3SSi/c1-5-10-13-15-14(17-16-13)21-11-9-12-22(18-6-2,19-7-3)20-8-4/h5-12H2,1-4H3,(H,15,16,17). The lowest BCUT2D eigenvalue weighted by Gasteiger charge is -2.28. The summed E-state index contributed by atoms with van der Waals surface area (Å²) in [5.74, 6) is 1.90. The van der Waals surface area contributed by atoms with E-state index < -0.39 is 8.80 Å². The molecule has 1 aromatic heterocycles. The minimum absolute atomic E-state index is 0.626. The third-order valence-corrected chi connectivity index (χ3v) is 7.03. The number of hydrogen-bond donors (Lipinski definition) is 1. The fourth-order valence-corrected chi connectivity index (χ4v) is 5.77. The maximum Gasteiger partial charge on any atom is 0.500 e. The summed E-state index contributed by atoms with van der Waals surface area (Å²) in [6.07, 6.45) is 2.99. The zero-order chi connectivity index (χ0) is 16.3. The number of H-pyrrole nitrogens is 1. The predicted molar refractivity (Wildman–Crippen MR) is 91.2 cm³/mol. The van der Waals surface area contributed by atoms with E-state index in [9.17, 15) is 0 Å². The number of rotatable bonds is 13. The molecule has 0 unspecified atom stereocenters. The van der Waals surface area contributed by atoms with Crippen molar-refractivity contribution in [2.45, 2.75) is 58.2 Å². The molecular weight excluding hydrogens is 318 g/mol. The molecule has 0 aliphatic rings. The molecule has 0 amide bonds. The Hall–Kier alpha value is -0.413. The summed E-state index contributed by atoms with van der Waals surface area (Å²) in [6, 6.07) is 0.835. The summed E-state index contributed by atoms with van der Waals surface area (Å²) in [5.41, 5.74) is 0. The second-order valence-corrected chi connectivity index (χ2v) is 8.54. The summed E-state index contributed by atoms with van der Waals surface area (Å²) < 4.78 is 17.5. The predicted octanol–water partition coefficient (Wildman–Crippen LogP) is 3.29. The molecule has 0 saturated carbocycles. The molecule has 0 atom stereocenters. The topological polar surface area (TPSA) is 69.3 Å². The Bertz CT molecular complexity index is 389. The van der Waals surface area contributed by atoms with Gasteiger partial charge < -0.3 is 13.3 Å². The maximum absolute atomic E-state index is 5.85. The Labute approximate surface area is 139 Å². The molecule has 0 fully saturated rings. The molecule has 1 N–H and O–H groups in total. The van der Waals surface area contributed by atoms with Crippen LogP contribution in [0.2, 0.25) is 6.04 Å². The van der Waals surface area contributed by atoms with Gasteiger partial charge in [-0.05, 0) is 33.6 Å². The SMILES string of the molecule is CCCc1nc(SCCC[Si](OCC)(OCC)OCC)n[nH]1. The van der Waals surface area contributed by atoms with E-state index in [0.29, 0.717) is 19.8 Å². The summed E-state index contributed by atoms with van der Waals surface area (Å²) >= 11 is 1.66. The molecule has 8 heteroatoms. The Morgan fingerprint density at radius 1 is 1.05 bits per heavy atom. The molecule has 0 bridgehead atoms. The zero-order valence-corrected chi connectivity index (χ0v) is 16.0. The molecule has 0 spiro atoms. The highest BCUT2D eigenvalue weighted by molar-refractivity contribution is 7.99. The number of aryl methyl sites for hydroxylation is 1. The lowest BCUT2D eigenvalue weighted by atomic mass is 10.3. The van der Waals surface area contributed by atoms with Gasteiger partial charge in [0.15, 0.2) is 0 Å². The van der Waals surface area contributed by atoms with Crippen LogP contribution in [-0.2, 0) is 19.7 Å². The van der Waals surface area contributed by atoms with Gasteiger partial charge in [-0.3, -0.25) is 5.10 Å². The van der Waals surface area contributed by atoms with E-state index in [0.717, 1.165) is 42.0 Å². The second-order valence-electron chi connectivity index (χ2n) is 4.75. The van der Waals surface area contributed by atoms with Crippen molar-refractivity contribution in [3.63, 3.8) is 0 Å². The number of nitrogens with zero attached hydrogens (tertiary/aromatic N) is 2. The Morgan fingerprint density at radius 3 is 2.23 bits per heavy atom. The van der Waals surface area contributed by atoms with Gasteiger partial charge in [0.1, 0.15) is 5.82 Å². The molecule has 0 aliphatic carbocycles. The van der Waals surface area contributed by atoms with Gasteiger partial charge in [-0.1, -0.05) is 18.7 Å². The summed E-state index contributed by atoms with van der Waals surface area (Å²) in [4.78, 5) is 4.46. The molecule has 0 radical (unpaired) electrons. The van der Waals surface area contributed by atoms with E-state index in [-0.39, 0.29) is 0 Å². The van der Waals surface area contributed by atoms with E-state index in [1.807, 2.05) is 20.8 Å². The van der Waals surface area contributed by atoms with E-state index >= 15 is 0 Å². The van der Waals surface area contributed by atoms with Gasteiger partial charge in [0.2, 0.25) is 5.16 Å². The van der Waals surface area contributed by atoms with Crippen LogP contribution in [0.15, 0.2) is 5.16 Å². The average Bonchev–Trinajstić information content (AvgIpc) is 2.93. The third-order valence-electron chi connectivity index (χ3n) is 2.95. The number of nitrogens with one attached hydrogen (secondary N) is 1. The molecule has 1 heterocycles. The number of hydrogen-bond acceptors (Lipinski definition) is 6. The van der Waals surface area contributed by atoms with Crippen molar-refractivity contribution < 1.29 is 13.3 Å². The van der Waals surface area contributed by atoms with Gasteiger partial charge >= 0.3 is 8.80 Å². The first-order chi connectivity index (χ1) is 10.7. The minimum atomic E-state index is -2.50. The fraction of sp³-hybridized carbons (Fsp3) is 0.857. The van der Waals surface area contributed by atoms with Crippen LogP contribution in [0, 0.1) is 0 Å². The van der Waals surface area contributed by atoms with Crippen molar-refractivity contribution >= 4 is 20.6 Å². The first-order valence-corrected chi connectivity index (χ1v) is 11.1. The number of aromatic nitrogens is 3. The van der Waals surface area contributed by atoms with Crippen molar-refractivity contribution in [2.24, 2.45) is 0 Å². The highest BCUT2D eigenvalue weighted by atomic mass is 32.2. The molecule has 1 rings (SSSR count). The Kier molecular flexibility index (Phi) is 9.97. The molecule has 128 valence electrons. The van der Waals surface area contributed by atoms with Gasteiger partial charge in [-0.25, -0.2) is 4.98 Å². The number of aromatic amines is 1. The molecule has 1 aromatic rings. The summed E-state index contributed by atoms with van der Waals surface area (Å²) in [5, 5.41) is 8.02. The van der Waals surface area contributed by atoms with Crippen LogP contribution >= 0.6 is 11.8 Å². The van der Waals surface area contributed by atoms with Crippen molar-refractivity contribution in [2.75, 3.05) is 25.6 Å². The van der Waals surface area contributed by atoms with E-state index in [1.54, 1.807) is 11.8 Å². The van der Waals surface area contributed by atoms with Crippen LogP contribution in [0.5, 0.6) is 0 Å². The fourth-order valence-electron chi connectivity index (χ4n) is 2.14. The first-order valence-electron chi connectivity index (χ1n) is 8.15. The van der Waals surface area contributed by atoms with E-state index in [4.69, 9.17) is 13.3 Å². The highest BCUT2D eigenvalue weighted by Crippen LogP contribution is 2.22. The largest absolute Gasteiger partial charge is 0.500 e. The van der Waals surface area contributed by atoms with Gasteiger partial charge in [-0.15, -0.1) is 5.10 Å². The molecular formula is C14H29N3O3SSi. The van der Waals surface area contributed by atoms with Gasteiger partial charge in [0, 0.05) is 38.0 Å². The van der Waals surface area contributed by atoms with Crippen molar-refractivity contribution in [3.8, 4) is 0 Å². The zero-order valence-electron chi connectivity index (χ0n) is 14.2. The molecule has 22 heavy (non-hydrogen) atoms. The van der Waals surface area contributed by atoms with Gasteiger partial charge in [0.05, 0.1) is 0 Å². The van der Waals surface area contributed by atoms with Crippen LogP contribution in [0.1, 0.15) is 46.4 Å². The van der Waals surface area contributed by atoms with Gasteiger partial charge in [-0.2, -0.15) is 0 Å². The normalized spacial score (nSPS) is 12.0. The first kappa shape index (κ1) is 19.6. The van der Waals surface area contributed by atoms with Crippen molar-refractivity contribution in [1.29, 1.82) is 0 Å². The van der Waals surface area contributed by atoms with Gasteiger partial charge in [0.25, 0.3) is 0 Å². The average molecular weight is 348 g/mol. The lowest BCUT2D eigenvalue weighted by molar-refractivity contribution is 0.0712. The number of thioether (sulfide) groups is 1. The maximum atomic E-state index is 5.85. The Balaban J connectivity index is 2.40. The quantitative estimate of drug-likeness (QED) is 0.335. The third kappa shape index (κ3) is 6.78. The van der Waals surface area contributed by atoms with Crippen LogP contribution in [0.4, 0.5) is 0 Å². The molecule has 0 aromatic carbocycles. The monoisotopic (exact) mass is 347 g/mol. The van der Waals surface area contributed by atoms with Crippen molar-refractivity contribution in [1.82, 2.24) is 15.2 Å². The van der Waals surface area contributed by atoms with E-state index in [2.05, 4.69) is 22.1 Å². The van der Waals surface area contributed by atoms with Crippen molar-refractivity contribution in [3.05, 3.63) is 5.82 Å². The summed E-state index contributed by atoms with van der Waals surface area (Å²) in [6.45, 7) is 9.96. The van der Waals surface area contributed by atoms with Crippen LogP contribution in [0.3, 0.4) is 0 Å². The second kappa shape index (κ2) is 11.2. The highest BCUT2D eigenvalue weighted by Gasteiger charge is 2.39. The molecule has 0 aliphatic heterocycles. The van der Waals surface area contributed by atoms with Crippen LogP contribution < -0.4 is 0 Å². The molecule has 0 saturated heterocycles. The van der Waals surface area contributed by atoms with Crippen LogP contribution in [0.25, 0.3) is 0 Å². The van der Waals surface area contributed by atoms with E-state index in [1.165, 1.54) is 0 Å². The smallest absolute Gasteiger partial charge is 0.374 e.